The molecule has 0 saturated heterocycles. The largest absolute Gasteiger partial charge is 0.454 e. The van der Waals surface area contributed by atoms with Crippen molar-refractivity contribution in [2.45, 2.75) is 18.1 Å². The van der Waals surface area contributed by atoms with E-state index in [-0.39, 0.29) is 18.5 Å². The van der Waals surface area contributed by atoms with Gasteiger partial charge in [0, 0.05) is 38.0 Å². The van der Waals surface area contributed by atoms with Crippen LogP contribution in [0.4, 0.5) is 5.69 Å². The topological polar surface area (TPSA) is 87.5 Å². The molecule has 1 aliphatic heterocycles. The number of ether oxygens (including phenoxy) is 3. The van der Waals surface area contributed by atoms with E-state index < -0.39 is 0 Å². The van der Waals surface area contributed by atoms with Gasteiger partial charge in [-0.15, -0.1) is 10.2 Å². The van der Waals surface area contributed by atoms with Gasteiger partial charge in [-0.25, -0.2) is 0 Å². The average molecular weight is 495 g/mol. The molecule has 0 aliphatic carbocycles. The van der Waals surface area contributed by atoms with E-state index in [1.54, 1.807) is 25.3 Å². The molecule has 1 N–H and O–H groups in total. The fourth-order valence-electron chi connectivity index (χ4n) is 3.14. The fraction of sp³-hybridized carbons (Fsp3) is 0.286. The van der Waals surface area contributed by atoms with E-state index in [0.717, 1.165) is 12.0 Å². The molecular formula is C21H20Cl2N4O4S. The van der Waals surface area contributed by atoms with Crippen molar-refractivity contribution in [3.63, 3.8) is 0 Å². The maximum Gasteiger partial charge on any atom is 0.234 e. The van der Waals surface area contributed by atoms with Crippen molar-refractivity contribution < 1.29 is 19.0 Å². The monoisotopic (exact) mass is 494 g/mol. The quantitative estimate of drug-likeness (QED) is 0.339. The second kappa shape index (κ2) is 10.4. The van der Waals surface area contributed by atoms with Crippen molar-refractivity contribution in [3.8, 4) is 22.9 Å². The second-order valence-corrected chi connectivity index (χ2v) is 8.56. The number of carbonyl (C=O) groups excluding carboxylic acids is 1. The Balaban J connectivity index is 1.48. The van der Waals surface area contributed by atoms with E-state index in [4.69, 9.17) is 37.4 Å². The van der Waals surface area contributed by atoms with Crippen LogP contribution in [0.2, 0.25) is 10.0 Å². The molecule has 2 heterocycles. The van der Waals surface area contributed by atoms with Crippen LogP contribution in [0.25, 0.3) is 11.4 Å². The fourth-order valence-corrected chi connectivity index (χ4v) is 4.32. The number of hydrogen-bond donors (Lipinski definition) is 1. The van der Waals surface area contributed by atoms with E-state index in [0.29, 0.717) is 51.4 Å². The van der Waals surface area contributed by atoms with Gasteiger partial charge < -0.3 is 24.1 Å². The lowest BCUT2D eigenvalue weighted by atomic mass is 10.2. The van der Waals surface area contributed by atoms with Crippen LogP contribution in [0.1, 0.15) is 6.42 Å². The number of halogens is 2. The van der Waals surface area contributed by atoms with Crippen LogP contribution in [0, 0.1) is 0 Å². The number of amides is 1. The molecule has 4 rings (SSSR count). The van der Waals surface area contributed by atoms with Gasteiger partial charge >= 0.3 is 0 Å². The van der Waals surface area contributed by atoms with Gasteiger partial charge in [0.1, 0.15) is 0 Å². The number of hydrogen-bond acceptors (Lipinski definition) is 7. The Kier molecular flexibility index (Phi) is 7.41. The number of nitrogens with one attached hydrogen (secondary N) is 1. The van der Waals surface area contributed by atoms with Gasteiger partial charge in [-0.1, -0.05) is 47.1 Å². The minimum Gasteiger partial charge on any atom is -0.454 e. The summed E-state index contributed by atoms with van der Waals surface area (Å²) in [5.74, 6) is 1.63. The molecular weight excluding hydrogens is 475 g/mol. The van der Waals surface area contributed by atoms with Crippen molar-refractivity contribution in [1.29, 1.82) is 0 Å². The summed E-state index contributed by atoms with van der Waals surface area (Å²) >= 11 is 13.9. The molecule has 0 fully saturated rings. The van der Waals surface area contributed by atoms with E-state index in [2.05, 4.69) is 15.5 Å². The SMILES string of the molecule is COCCCn1c(SCC(=O)Nc2cc3c(cc2Cl)OCO3)nnc1-c1ccccc1Cl. The van der Waals surface area contributed by atoms with Gasteiger partial charge in [0.25, 0.3) is 0 Å². The van der Waals surface area contributed by atoms with Crippen molar-refractivity contribution in [3.05, 3.63) is 46.4 Å². The maximum absolute atomic E-state index is 12.6. The lowest BCUT2D eigenvalue weighted by Crippen LogP contribution is -2.15. The molecule has 32 heavy (non-hydrogen) atoms. The van der Waals surface area contributed by atoms with Gasteiger partial charge in [0.2, 0.25) is 12.7 Å². The normalized spacial score (nSPS) is 12.2. The third-order valence-electron chi connectivity index (χ3n) is 4.63. The van der Waals surface area contributed by atoms with Gasteiger partial charge in [0.15, 0.2) is 22.5 Å². The Morgan fingerprint density at radius 3 is 2.75 bits per heavy atom. The number of anilines is 1. The molecule has 8 nitrogen and oxygen atoms in total. The third kappa shape index (κ3) is 5.12. The van der Waals surface area contributed by atoms with Crippen LogP contribution in [-0.2, 0) is 16.1 Å². The molecule has 0 atom stereocenters. The number of carbonyl (C=O) groups is 1. The van der Waals surface area contributed by atoms with E-state index in [1.165, 1.54) is 11.8 Å². The number of rotatable bonds is 9. The Labute approximate surface area is 199 Å². The van der Waals surface area contributed by atoms with Crippen molar-refractivity contribution in [2.75, 3.05) is 31.6 Å². The molecule has 1 aromatic heterocycles. The molecule has 0 saturated carbocycles. The summed E-state index contributed by atoms with van der Waals surface area (Å²) in [5.41, 5.74) is 1.24. The summed E-state index contributed by atoms with van der Waals surface area (Å²) in [4.78, 5) is 12.6. The highest BCUT2D eigenvalue weighted by Crippen LogP contribution is 2.39. The lowest BCUT2D eigenvalue weighted by molar-refractivity contribution is -0.113. The Bertz CT molecular complexity index is 1130. The number of fused-ring (bicyclic) bond motifs is 1. The average Bonchev–Trinajstić information content (AvgIpc) is 3.39. The molecule has 1 amide bonds. The summed E-state index contributed by atoms with van der Waals surface area (Å²) < 4.78 is 17.8. The zero-order valence-corrected chi connectivity index (χ0v) is 19.5. The zero-order valence-electron chi connectivity index (χ0n) is 17.1. The van der Waals surface area contributed by atoms with Crippen LogP contribution in [0.5, 0.6) is 11.5 Å². The van der Waals surface area contributed by atoms with Crippen LogP contribution in [0.3, 0.4) is 0 Å². The molecule has 0 bridgehead atoms. The molecule has 2 aromatic carbocycles. The summed E-state index contributed by atoms with van der Waals surface area (Å²) in [6, 6.07) is 10.7. The standard InChI is InChI=1S/C21H20Cl2N4O4S/c1-29-8-4-7-27-20(13-5-2-3-6-14(13)22)25-26-21(27)32-11-19(28)24-16-10-18-17(9-15(16)23)30-12-31-18/h2-3,5-6,9-10H,4,7-8,11-12H2,1H3,(H,24,28). The van der Waals surface area contributed by atoms with Crippen molar-refractivity contribution in [2.24, 2.45) is 0 Å². The molecule has 11 heteroatoms. The van der Waals surface area contributed by atoms with Gasteiger partial charge in [-0.05, 0) is 18.6 Å². The molecule has 0 spiro atoms. The summed E-state index contributed by atoms with van der Waals surface area (Å²) in [7, 11) is 1.66. The minimum absolute atomic E-state index is 0.121. The highest BCUT2D eigenvalue weighted by Gasteiger charge is 2.20. The first-order chi connectivity index (χ1) is 15.6. The molecule has 168 valence electrons. The second-order valence-electron chi connectivity index (χ2n) is 6.81. The van der Waals surface area contributed by atoms with E-state index in [9.17, 15) is 4.79 Å². The van der Waals surface area contributed by atoms with E-state index >= 15 is 0 Å². The van der Waals surface area contributed by atoms with Crippen LogP contribution < -0.4 is 14.8 Å². The first-order valence-electron chi connectivity index (χ1n) is 9.75. The molecule has 1 aliphatic rings. The molecule has 0 unspecified atom stereocenters. The highest BCUT2D eigenvalue weighted by molar-refractivity contribution is 7.99. The first-order valence-corrected chi connectivity index (χ1v) is 11.5. The Hall–Kier alpha value is -2.46. The lowest BCUT2D eigenvalue weighted by Gasteiger charge is -2.11. The smallest absolute Gasteiger partial charge is 0.234 e. The Morgan fingerprint density at radius 2 is 1.97 bits per heavy atom. The molecule has 0 radical (unpaired) electrons. The van der Waals surface area contributed by atoms with Crippen LogP contribution in [-0.4, -0.2) is 46.9 Å². The number of benzene rings is 2. The van der Waals surface area contributed by atoms with Crippen molar-refractivity contribution in [1.82, 2.24) is 14.8 Å². The van der Waals surface area contributed by atoms with Crippen LogP contribution in [0.15, 0.2) is 41.6 Å². The van der Waals surface area contributed by atoms with E-state index in [1.807, 2.05) is 22.8 Å². The summed E-state index contributed by atoms with van der Waals surface area (Å²) in [6.45, 7) is 1.35. The first kappa shape index (κ1) is 22.7. The number of thioether (sulfide) groups is 1. The number of nitrogens with zero attached hydrogens (tertiary/aromatic N) is 3. The molecule has 3 aromatic rings. The van der Waals surface area contributed by atoms with Crippen molar-refractivity contribution >= 4 is 46.6 Å². The van der Waals surface area contributed by atoms with Gasteiger partial charge in [-0.2, -0.15) is 0 Å². The van der Waals surface area contributed by atoms with Gasteiger partial charge in [0.05, 0.1) is 21.5 Å². The minimum atomic E-state index is -0.235. The van der Waals surface area contributed by atoms with Gasteiger partial charge in [-0.3, -0.25) is 4.79 Å². The number of methoxy groups -OCH3 is 1. The predicted molar refractivity (Wildman–Crippen MR) is 124 cm³/mol. The number of aromatic nitrogens is 3. The zero-order chi connectivity index (χ0) is 22.5. The highest BCUT2D eigenvalue weighted by atomic mass is 35.5. The maximum atomic E-state index is 12.6. The predicted octanol–water partition coefficient (Wildman–Crippen LogP) is 4.75. The van der Waals surface area contributed by atoms with Crippen LogP contribution >= 0.6 is 35.0 Å². The summed E-state index contributed by atoms with van der Waals surface area (Å²) in [5, 5.41) is 13.0. The third-order valence-corrected chi connectivity index (χ3v) is 6.24. The summed E-state index contributed by atoms with van der Waals surface area (Å²) in [6.07, 6.45) is 0.762. The Morgan fingerprint density at radius 1 is 1.19 bits per heavy atom.